The van der Waals surface area contributed by atoms with Gasteiger partial charge < -0.3 is 22.3 Å². The summed E-state index contributed by atoms with van der Waals surface area (Å²) in [7, 11) is 0. The SMILES string of the molecule is CC.CC.CC.[CH3-].[CH3-].[CH3-].[V].[V].[V].c1ccc2scnc2c1.c1ccc2scnc2c1.c1ccc2scnc2c1.c1ccccc1.c1ccccc1.c1ccccc1. The molecule has 0 aliphatic rings. The van der Waals surface area contributed by atoms with Crippen LogP contribution in [0.3, 0.4) is 0 Å². The van der Waals surface area contributed by atoms with Crippen LogP contribution in [0.4, 0.5) is 0 Å². The maximum Gasteiger partial charge on any atom is 0.0812 e. The van der Waals surface area contributed by atoms with Gasteiger partial charge in [-0.2, -0.15) is 0 Å². The maximum absolute atomic E-state index is 4.14. The molecule has 0 saturated carbocycles. The fraction of sp³-hybridized carbons (Fsp3) is 0.125. The number of hydrogen-bond donors (Lipinski definition) is 0. The first kappa shape index (κ1) is 65.6. The fourth-order valence-electron chi connectivity index (χ4n) is 3.56. The van der Waals surface area contributed by atoms with Crippen LogP contribution >= 0.6 is 34.0 Å². The number of rotatable bonds is 0. The molecule has 3 radical (unpaired) electrons. The van der Waals surface area contributed by atoms with E-state index in [2.05, 4.69) is 33.2 Å². The van der Waals surface area contributed by atoms with Crippen LogP contribution in [0.5, 0.6) is 0 Å². The van der Waals surface area contributed by atoms with Gasteiger partial charge in [0, 0.05) is 55.7 Å². The Balaban J connectivity index is -0.000000132. The van der Waals surface area contributed by atoms with E-state index >= 15 is 0 Å². The van der Waals surface area contributed by atoms with Crippen LogP contribution in [0.15, 0.2) is 199 Å². The quantitative estimate of drug-likeness (QED) is 0.142. The molecule has 9 heteroatoms. The minimum absolute atomic E-state index is 0. The third-order valence-electron chi connectivity index (χ3n) is 5.71. The van der Waals surface area contributed by atoms with Crippen molar-refractivity contribution in [2.75, 3.05) is 0 Å². The molecule has 57 heavy (non-hydrogen) atoms. The number of thiazole rings is 3. The van der Waals surface area contributed by atoms with Crippen LogP contribution in [0.25, 0.3) is 30.6 Å². The van der Waals surface area contributed by atoms with Crippen molar-refractivity contribution in [2.45, 2.75) is 41.5 Å². The number of para-hydroxylation sites is 3. The molecule has 0 N–H and O–H groups in total. The van der Waals surface area contributed by atoms with Crippen molar-refractivity contribution in [3.63, 3.8) is 0 Å². The Bertz CT molecular complexity index is 1590. The Labute approximate surface area is 394 Å². The first-order valence-electron chi connectivity index (χ1n) is 17.2. The van der Waals surface area contributed by atoms with Crippen molar-refractivity contribution in [1.29, 1.82) is 0 Å². The molecule has 6 aromatic carbocycles. The van der Waals surface area contributed by atoms with Crippen LogP contribution in [0.1, 0.15) is 41.5 Å². The molecule has 0 saturated heterocycles. The maximum atomic E-state index is 4.14. The largest absolute Gasteiger partial charge is 0.358 e. The number of nitrogens with zero attached hydrogens (tertiary/aromatic N) is 3. The summed E-state index contributed by atoms with van der Waals surface area (Å²) in [6.07, 6.45) is 0. The van der Waals surface area contributed by atoms with Gasteiger partial charge in [0.1, 0.15) is 0 Å². The summed E-state index contributed by atoms with van der Waals surface area (Å²) >= 11 is 5.03. The molecule has 0 unspecified atom stereocenters. The number of fused-ring (bicyclic) bond motifs is 3. The Morgan fingerprint density at radius 3 is 0.579 bits per heavy atom. The van der Waals surface area contributed by atoms with E-state index in [1.54, 1.807) is 34.0 Å². The molecule has 0 spiro atoms. The van der Waals surface area contributed by atoms with Crippen molar-refractivity contribution in [1.82, 2.24) is 15.0 Å². The van der Waals surface area contributed by atoms with Gasteiger partial charge in [-0.15, -0.1) is 34.0 Å². The summed E-state index contributed by atoms with van der Waals surface area (Å²) in [5.74, 6) is 0. The van der Waals surface area contributed by atoms with Crippen LogP contribution in [0.2, 0.25) is 0 Å². The van der Waals surface area contributed by atoms with Gasteiger partial charge in [-0.3, -0.25) is 0 Å². The van der Waals surface area contributed by atoms with E-state index in [1.807, 2.05) is 222 Å². The molecule has 9 aromatic rings. The van der Waals surface area contributed by atoms with Crippen molar-refractivity contribution >= 4 is 64.7 Å². The fourth-order valence-corrected chi connectivity index (χ4v) is 5.60. The molecule has 0 amide bonds. The van der Waals surface area contributed by atoms with Crippen LogP contribution in [-0.2, 0) is 55.7 Å². The van der Waals surface area contributed by atoms with E-state index < -0.39 is 0 Å². The third kappa shape index (κ3) is 31.4. The average Bonchev–Trinajstić information content (AvgIpc) is 4.05. The van der Waals surface area contributed by atoms with Crippen molar-refractivity contribution in [3.8, 4) is 0 Å². The Hall–Kier alpha value is -3.26. The predicted molar refractivity (Wildman–Crippen MR) is 251 cm³/mol. The van der Waals surface area contributed by atoms with Crippen molar-refractivity contribution in [3.05, 3.63) is 221 Å². The summed E-state index contributed by atoms with van der Waals surface area (Å²) in [5.41, 5.74) is 8.90. The predicted octanol–water partition coefficient (Wildman–Crippen LogP) is 16.4. The normalized spacial score (nSPS) is 7.68. The summed E-state index contributed by atoms with van der Waals surface area (Å²) in [6.45, 7) is 12.0. The molecule has 0 aliphatic carbocycles. The standard InChI is InChI=1S/3C7H5NS.3C6H6.3C2H6.3CH3.3V/c3*1-2-4-7-6(3-1)8-5-9-7;3*1-2-4-6-5-3-1;3*1-2;;;;;;/h3*1-5H;3*1-6H;3*1-2H3;3*1H3;;;/q;;;;;;;;;3*-1;;;. The second-order valence-corrected chi connectivity index (χ2v) is 11.6. The van der Waals surface area contributed by atoms with Gasteiger partial charge in [-0.25, -0.2) is 15.0 Å². The molecular weight excluding hydrogens is 868 g/mol. The van der Waals surface area contributed by atoms with E-state index in [-0.39, 0.29) is 77.9 Å². The first-order chi connectivity index (χ1) is 25.4. The molecule has 0 fully saturated rings. The number of aromatic nitrogens is 3. The van der Waals surface area contributed by atoms with E-state index in [4.69, 9.17) is 0 Å². The van der Waals surface area contributed by atoms with Crippen molar-refractivity contribution < 1.29 is 55.7 Å². The smallest absolute Gasteiger partial charge is 0.0812 e. The second kappa shape index (κ2) is 48.9. The van der Waals surface area contributed by atoms with E-state index in [9.17, 15) is 0 Å². The van der Waals surface area contributed by atoms with Gasteiger partial charge in [-0.05, 0) is 36.4 Å². The molecule has 0 aliphatic heterocycles. The number of hydrogen-bond acceptors (Lipinski definition) is 6. The zero-order chi connectivity index (χ0) is 37.0. The third-order valence-corrected chi connectivity index (χ3v) is 8.14. The Morgan fingerprint density at radius 1 is 0.263 bits per heavy atom. The molecule has 303 valence electrons. The second-order valence-electron chi connectivity index (χ2n) is 8.92. The molecule has 3 aromatic heterocycles. The summed E-state index contributed by atoms with van der Waals surface area (Å²) in [5, 5.41) is 0. The van der Waals surface area contributed by atoms with Gasteiger partial charge >= 0.3 is 0 Å². The topological polar surface area (TPSA) is 38.7 Å². The van der Waals surface area contributed by atoms with Gasteiger partial charge in [0.25, 0.3) is 0 Å². The molecule has 9 rings (SSSR count). The summed E-state index contributed by atoms with van der Waals surface area (Å²) in [4.78, 5) is 12.4. The Morgan fingerprint density at radius 2 is 0.421 bits per heavy atom. The summed E-state index contributed by atoms with van der Waals surface area (Å²) < 4.78 is 3.78. The van der Waals surface area contributed by atoms with Crippen LogP contribution in [-0.4, -0.2) is 15.0 Å². The van der Waals surface area contributed by atoms with E-state index in [0.29, 0.717) is 0 Å². The average molecular weight is 928 g/mol. The van der Waals surface area contributed by atoms with Crippen LogP contribution in [0, 0.1) is 22.3 Å². The van der Waals surface area contributed by atoms with Gasteiger partial charge in [-0.1, -0.05) is 187 Å². The molecule has 3 heterocycles. The van der Waals surface area contributed by atoms with Crippen molar-refractivity contribution in [2.24, 2.45) is 0 Å². The molecule has 3 nitrogen and oxygen atoms in total. The minimum atomic E-state index is 0. The van der Waals surface area contributed by atoms with Gasteiger partial charge in [0.15, 0.2) is 0 Å². The summed E-state index contributed by atoms with van der Waals surface area (Å²) in [6, 6.07) is 60.4. The molecule has 0 atom stereocenters. The van der Waals surface area contributed by atoms with Gasteiger partial charge in [0.2, 0.25) is 0 Å². The first-order valence-corrected chi connectivity index (χ1v) is 19.9. The van der Waals surface area contributed by atoms with Gasteiger partial charge in [0.05, 0.1) is 47.2 Å². The van der Waals surface area contributed by atoms with E-state index in [0.717, 1.165) is 16.6 Å². The zero-order valence-corrected chi connectivity index (χ0v) is 41.6. The Kier molecular flexibility index (Phi) is 56.3. The molecular formula is C48H60N3S3V3-3. The molecule has 0 bridgehead atoms. The zero-order valence-electron chi connectivity index (χ0n) is 35.0. The van der Waals surface area contributed by atoms with E-state index in [1.165, 1.54) is 14.1 Å². The van der Waals surface area contributed by atoms with Crippen LogP contribution < -0.4 is 0 Å². The monoisotopic (exact) mass is 927 g/mol. The number of benzene rings is 6. The minimum Gasteiger partial charge on any atom is -0.358 e.